The number of hydrogen-bond acceptors (Lipinski definition) is 4. The molecule has 0 aliphatic heterocycles. The standard InChI is InChI=1S/C12H13NO3/c1-7-13-9-6-8(4-5-10(9)16-7)11(14)12(2,3)15/h4-6,15H,1-3H3. The van der Waals surface area contributed by atoms with Crippen LogP contribution in [0.15, 0.2) is 22.6 Å². The molecule has 0 atom stereocenters. The van der Waals surface area contributed by atoms with E-state index in [1.54, 1.807) is 25.1 Å². The first-order chi connectivity index (χ1) is 7.38. The van der Waals surface area contributed by atoms with Crippen LogP contribution >= 0.6 is 0 Å². The molecule has 2 rings (SSSR count). The number of ketones is 1. The minimum absolute atomic E-state index is 0.324. The van der Waals surface area contributed by atoms with Crippen molar-refractivity contribution in [1.29, 1.82) is 0 Å². The highest BCUT2D eigenvalue weighted by molar-refractivity contribution is 6.03. The zero-order valence-corrected chi connectivity index (χ0v) is 9.44. The van der Waals surface area contributed by atoms with Gasteiger partial charge in [-0.15, -0.1) is 0 Å². The Labute approximate surface area is 92.9 Å². The predicted octanol–water partition coefficient (Wildman–Crippen LogP) is 2.09. The van der Waals surface area contributed by atoms with Gasteiger partial charge in [0.05, 0.1) is 0 Å². The molecule has 0 radical (unpaired) electrons. The van der Waals surface area contributed by atoms with Crippen molar-refractivity contribution in [2.45, 2.75) is 26.4 Å². The smallest absolute Gasteiger partial charge is 0.193 e. The molecule has 0 amide bonds. The Morgan fingerprint density at radius 3 is 2.75 bits per heavy atom. The molecule has 0 saturated carbocycles. The number of rotatable bonds is 2. The number of carbonyl (C=O) groups excluding carboxylic acids is 1. The maximum Gasteiger partial charge on any atom is 0.193 e. The molecule has 1 aromatic carbocycles. The Morgan fingerprint density at radius 2 is 2.12 bits per heavy atom. The highest BCUT2D eigenvalue weighted by Gasteiger charge is 2.25. The maximum atomic E-state index is 11.8. The molecule has 1 aromatic heterocycles. The lowest BCUT2D eigenvalue weighted by atomic mass is 9.97. The minimum Gasteiger partial charge on any atom is -0.441 e. The Bertz CT molecular complexity index is 549. The number of nitrogens with zero attached hydrogens (tertiary/aromatic N) is 1. The van der Waals surface area contributed by atoms with Gasteiger partial charge >= 0.3 is 0 Å². The van der Waals surface area contributed by atoms with Gasteiger partial charge in [0.1, 0.15) is 11.1 Å². The van der Waals surface area contributed by atoms with Gasteiger partial charge < -0.3 is 9.52 Å². The summed E-state index contributed by atoms with van der Waals surface area (Å²) in [6, 6.07) is 4.95. The van der Waals surface area contributed by atoms with E-state index in [0.29, 0.717) is 22.6 Å². The number of aryl methyl sites for hydroxylation is 1. The van der Waals surface area contributed by atoms with Crippen LogP contribution < -0.4 is 0 Å². The summed E-state index contributed by atoms with van der Waals surface area (Å²) < 4.78 is 5.30. The van der Waals surface area contributed by atoms with Gasteiger partial charge in [0, 0.05) is 12.5 Å². The summed E-state index contributed by atoms with van der Waals surface area (Å²) in [6.45, 7) is 4.68. The molecule has 4 heteroatoms. The number of aromatic nitrogens is 1. The summed E-state index contributed by atoms with van der Waals surface area (Å²) in [5.41, 5.74) is 0.345. The summed E-state index contributed by atoms with van der Waals surface area (Å²) in [5.74, 6) is 0.234. The van der Waals surface area contributed by atoms with E-state index >= 15 is 0 Å². The minimum atomic E-state index is -1.37. The molecule has 0 aliphatic carbocycles. The molecule has 0 saturated heterocycles. The topological polar surface area (TPSA) is 63.3 Å². The SMILES string of the molecule is Cc1nc2cc(C(=O)C(C)(C)O)ccc2o1. The van der Waals surface area contributed by atoms with Crippen molar-refractivity contribution in [2.24, 2.45) is 0 Å². The van der Waals surface area contributed by atoms with Crippen molar-refractivity contribution in [3.05, 3.63) is 29.7 Å². The molecule has 84 valence electrons. The van der Waals surface area contributed by atoms with Crippen molar-refractivity contribution in [3.8, 4) is 0 Å². The molecular formula is C12H13NO3. The van der Waals surface area contributed by atoms with Crippen LogP contribution in [0.5, 0.6) is 0 Å². The quantitative estimate of drug-likeness (QED) is 0.785. The van der Waals surface area contributed by atoms with Gasteiger partial charge in [-0.25, -0.2) is 4.98 Å². The zero-order valence-electron chi connectivity index (χ0n) is 9.44. The van der Waals surface area contributed by atoms with Crippen molar-refractivity contribution in [2.75, 3.05) is 0 Å². The van der Waals surface area contributed by atoms with Crippen LogP contribution in [0.4, 0.5) is 0 Å². The van der Waals surface area contributed by atoms with Crippen molar-refractivity contribution in [1.82, 2.24) is 4.98 Å². The monoisotopic (exact) mass is 219 g/mol. The van der Waals surface area contributed by atoms with Crippen LogP contribution in [-0.4, -0.2) is 21.5 Å². The van der Waals surface area contributed by atoms with E-state index in [1.807, 2.05) is 0 Å². The van der Waals surface area contributed by atoms with Crippen LogP contribution in [0, 0.1) is 6.92 Å². The second kappa shape index (κ2) is 3.42. The first-order valence-electron chi connectivity index (χ1n) is 5.02. The molecule has 0 bridgehead atoms. The molecule has 0 aliphatic rings. The lowest BCUT2D eigenvalue weighted by molar-refractivity contribution is 0.0488. The van der Waals surface area contributed by atoms with Gasteiger partial charge in [0.15, 0.2) is 17.3 Å². The number of aliphatic hydroxyl groups is 1. The summed E-state index contributed by atoms with van der Waals surface area (Å²) in [4.78, 5) is 15.9. The van der Waals surface area contributed by atoms with Gasteiger partial charge in [0.25, 0.3) is 0 Å². The Morgan fingerprint density at radius 1 is 1.44 bits per heavy atom. The number of carbonyl (C=O) groups is 1. The first-order valence-corrected chi connectivity index (χ1v) is 5.02. The number of Topliss-reactive ketones (excluding diaryl/α,β-unsaturated/α-hetero) is 1. The molecule has 0 unspecified atom stereocenters. The lowest BCUT2D eigenvalue weighted by Crippen LogP contribution is -2.30. The van der Waals surface area contributed by atoms with Gasteiger partial charge in [0.2, 0.25) is 0 Å². The largest absolute Gasteiger partial charge is 0.441 e. The van der Waals surface area contributed by atoms with E-state index in [4.69, 9.17) is 4.42 Å². The van der Waals surface area contributed by atoms with Crippen molar-refractivity contribution in [3.63, 3.8) is 0 Å². The molecule has 4 nitrogen and oxygen atoms in total. The van der Waals surface area contributed by atoms with E-state index < -0.39 is 5.60 Å². The molecule has 0 spiro atoms. The molecule has 0 fully saturated rings. The Kier molecular flexibility index (Phi) is 2.31. The van der Waals surface area contributed by atoms with Crippen LogP contribution in [-0.2, 0) is 0 Å². The summed E-state index contributed by atoms with van der Waals surface area (Å²) >= 11 is 0. The van der Waals surface area contributed by atoms with E-state index in [0.717, 1.165) is 0 Å². The second-order valence-corrected chi connectivity index (χ2v) is 4.30. The molecular weight excluding hydrogens is 206 g/mol. The van der Waals surface area contributed by atoms with Crippen molar-refractivity contribution >= 4 is 16.9 Å². The number of oxazole rings is 1. The van der Waals surface area contributed by atoms with Crippen LogP contribution in [0.25, 0.3) is 11.1 Å². The van der Waals surface area contributed by atoms with Gasteiger partial charge in [-0.2, -0.15) is 0 Å². The van der Waals surface area contributed by atoms with Gasteiger partial charge in [-0.1, -0.05) is 0 Å². The lowest BCUT2D eigenvalue weighted by Gasteiger charge is -2.14. The fraction of sp³-hybridized carbons (Fsp3) is 0.333. The van der Waals surface area contributed by atoms with Crippen LogP contribution in [0.2, 0.25) is 0 Å². The van der Waals surface area contributed by atoms with Gasteiger partial charge in [-0.05, 0) is 32.0 Å². The van der Waals surface area contributed by atoms with Crippen LogP contribution in [0.3, 0.4) is 0 Å². The molecule has 1 heterocycles. The average Bonchev–Trinajstić information content (AvgIpc) is 2.54. The summed E-state index contributed by atoms with van der Waals surface area (Å²) in [5, 5.41) is 9.62. The third kappa shape index (κ3) is 1.84. The van der Waals surface area contributed by atoms with Gasteiger partial charge in [-0.3, -0.25) is 4.79 Å². The van der Waals surface area contributed by atoms with E-state index in [2.05, 4.69) is 4.98 Å². The predicted molar refractivity (Wildman–Crippen MR) is 59.4 cm³/mol. The van der Waals surface area contributed by atoms with E-state index in [9.17, 15) is 9.90 Å². The fourth-order valence-corrected chi connectivity index (χ4v) is 1.54. The molecule has 1 N–H and O–H groups in total. The Balaban J connectivity index is 2.51. The first kappa shape index (κ1) is 10.8. The number of fused-ring (bicyclic) bond motifs is 1. The van der Waals surface area contributed by atoms with E-state index in [-0.39, 0.29) is 5.78 Å². The molecule has 2 aromatic rings. The molecule has 16 heavy (non-hydrogen) atoms. The van der Waals surface area contributed by atoms with E-state index in [1.165, 1.54) is 13.8 Å². The summed E-state index contributed by atoms with van der Waals surface area (Å²) in [6.07, 6.45) is 0. The third-order valence-electron chi connectivity index (χ3n) is 2.31. The highest BCUT2D eigenvalue weighted by Crippen LogP contribution is 2.19. The van der Waals surface area contributed by atoms with Crippen LogP contribution in [0.1, 0.15) is 30.1 Å². The zero-order chi connectivity index (χ0) is 11.9. The maximum absolute atomic E-state index is 11.8. The number of hydrogen-bond donors (Lipinski definition) is 1. The summed E-state index contributed by atoms with van der Waals surface area (Å²) in [7, 11) is 0. The third-order valence-corrected chi connectivity index (χ3v) is 2.31. The normalized spacial score (nSPS) is 12.0. The fourth-order valence-electron chi connectivity index (χ4n) is 1.54. The average molecular weight is 219 g/mol. The van der Waals surface area contributed by atoms with Crippen molar-refractivity contribution < 1.29 is 14.3 Å². The number of benzene rings is 1. The Hall–Kier alpha value is -1.68. The highest BCUT2D eigenvalue weighted by atomic mass is 16.3. The second-order valence-electron chi connectivity index (χ2n) is 4.30.